The first-order valence-corrected chi connectivity index (χ1v) is 8.71. The minimum Gasteiger partial charge on any atom is -0.481 e. The maximum absolute atomic E-state index is 10.3. The number of aliphatic hydroxyl groups is 1. The molecule has 0 aromatic carbocycles. The summed E-state index contributed by atoms with van der Waals surface area (Å²) < 4.78 is 0. The van der Waals surface area contributed by atoms with Crippen molar-refractivity contribution in [3.63, 3.8) is 0 Å². The van der Waals surface area contributed by atoms with Gasteiger partial charge in [0.2, 0.25) is 0 Å². The molecule has 4 heteroatoms. The summed E-state index contributed by atoms with van der Waals surface area (Å²) in [7, 11) is 0. The minimum atomic E-state index is -0.689. The quantitative estimate of drug-likeness (QED) is 0.262. The van der Waals surface area contributed by atoms with Gasteiger partial charge in [0.25, 0.3) is 0 Å². The number of allylic oxidation sites excluding steroid dienone is 1. The van der Waals surface area contributed by atoms with E-state index in [0.29, 0.717) is 6.42 Å². The molecule has 0 bridgehead atoms. The average molecular weight is 305 g/mol. The Hall–Kier alpha value is -0.233. The number of hydrogen-bond donors (Lipinski definition) is 2. The summed E-state index contributed by atoms with van der Waals surface area (Å²) in [5.74, 6) is -0.689. The normalized spacial score (nSPS) is 12.3. The van der Waals surface area contributed by atoms with E-state index in [1.165, 1.54) is 25.7 Å². The molecule has 0 unspecified atom stereocenters. The average Bonchev–Trinajstić information content (AvgIpc) is 2.45. The van der Waals surface area contributed by atoms with Crippen molar-refractivity contribution in [2.45, 2.75) is 96.5 Å². The first kappa shape index (κ1) is 24.0. The Morgan fingerprint density at radius 1 is 0.955 bits per heavy atom. The van der Waals surface area contributed by atoms with Gasteiger partial charge in [0, 0.05) is 25.3 Å². The predicted octanol–water partition coefficient (Wildman–Crippen LogP) is 4.70. The number of carbonyl (C=O) groups is 1. The van der Waals surface area contributed by atoms with Crippen molar-refractivity contribution in [2.75, 3.05) is 0 Å². The predicted molar refractivity (Wildman–Crippen MR) is 94.2 cm³/mol. The molecular weight excluding hydrogens is 271 g/mol. The molecule has 1 atom stereocenters. The molecule has 22 heavy (non-hydrogen) atoms. The van der Waals surface area contributed by atoms with Crippen LogP contribution >= 0.6 is 0 Å². The van der Waals surface area contributed by atoms with Gasteiger partial charge in [-0.15, -0.1) is 0 Å². The molecule has 0 saturated carbocycles. The monoisotopic (exact) mass is 305 g/mol. The molecule has 0 aromatic heterocycles. The van der Waals surface area contributed by atoms with Gasteiger partial charge in [0.15, 0.2) is 0 Å². The first-order valence-electron chi connectivity index (χ1n) is 8.71. The molecule has 0 rings (SSSR count). The van der Waals surface area contributed by atoms with Crippen molar-refractivity contribution in [1.82, 2.24) is 0 Å². The summed E-state index contributed by atoms with van der Waals surface area (Å²) in [4.78, 5) is 10.3. The van der Waals surface area contributed by atoms with Gasteiger partial charge in [-0.05, 0) is 32.1 Å². The van der Waals surface area contributed by atoms with Gasteiger partial charge in [-0.25, -0.2) is 0 Å². The largest absolute Gasteiger partial charge is 0.481 e. The Morgan fingerprint density at radius 3 is 2.27 bits per heavy atom. The van der Waals surface area contributed by atoms with Gasteiger partial charge in [-0.2, -0.15) is 0 Å². The summed E-state index contributed by atoms with van der Waals surface area (Å²) >= 11 is 0. The third kappa shape index (κ3) is 19.8. The third-order valence-corrected chi connectivity index (χ3v) is 3.73. The number of hydrogen-bond acceptors (Lipinski definition) is 2. The van der Waals surface area contributed by atoms with Crippen LogP contribution in [0.15, 0.2) is 12.2 Å². The van der Waals surface area contributed by atoms with E-state index in [-0.39, 0.29) is 25.0 Å². The van der Waals surface area contributed by atoms with Crippen LogP contribution in [0.4, 0.5) is 0 Å². The molecule has 125 valence electrons. The molecule has 3 nitrogen and oxygen atoms in total. The molecule has 0 saturated heterocycles. The van der Waals surface area contributed by atoms with Gasteiger partial charge in [-0.1, -0.05) is 64.0 Å². The molecule has 0 aromatic rings. The summed E-state index contributed by atoms with van der Waals surface area (Å²) in [6, 6.07) is 0. The fourth-order valence-corrected chi connectivity index (χ4v) is 2.36. The number of carboxylic acid groups (broad SMARTS) is 1. The van der Waals surface area contributed by atoms with E-state index in [9.17, 15) is 9.90 Å². The van der Waals surface area contributed by atoms with Crippen molar-refractivity contribution in [2.24, 2.45) is 0 Å². The van der Waals surface area contributed by atoms with Crippen LogP contribution in [0.1, 0.15) is 90.4 Å². The molecule has 0 aliphatic rings. The van der Waals surface area contributed by atoms with Gasteiger partial charge in [-0.3, -0.25) is 4.79 Å². The van der Waals surface area contributed by atoms with E-state index >= 15 is 0 Å². The number of carboxylic acids is 1. The van der Waals surface area contributed by atoms with E-state index in [4.69, 9.17) is 5.11 Å². The van der Waals surface area contributed by atoms with Gasteiger partial charge in [0.05, 0.1) is 6.10 Å². The second-order valence-electron chi connectivity index (χ2n) is 5.91. The summed E-state index contributed by atoms with van der Waals surface area (Å²) in [5, 5.41) is 18.3. The third-order valence-electron chi connectivity index (χ3n) is 3.73. The maximum atomic E-state index is 10.3. The smallest absolute Gasteiger partial charge is 0.303 e. The number of aliphatic carboxylic acids is 1. The Kier molecular flexibility index (Phi) is 20.5. The van der Waals surface area contributed by atoms with Crippen LogP contribution in [0.3, 0.4) is 0 Å². The van der Waals surface area contributed by atoms with Crippen molar-refractivity contribution < 1.29 is 15.0 Å². The Morgan fingerprint density at radius 2 is 1.59 bits per heavy atom. The molecule has 0 heterocycles. The van der Waals surface area contributed by atoms with Crippen LogP contribution in [0.5, 0.6) is 0 Å². The summed E-state index contributed by atoms with van der Waals surface area (Å²) in [6.07, 6.45) is 17.4. The molecule has 0 aliphatic heterocycles. The second-order valence-corrected chi connectivity index (χ2v) is 5.91. The molecule has 0 spiro atoms. The standard InChI is InChI=1S/C18H34O3.Li/c1-2-3-4-11-14-17(19)15-12-9-7-5-6-8-10-13-16-18(20)21;/h9,12,17,19H,2-8,10-11,13-16H2,1H3,(H,20,21);/b12-9-;/t17-;/m1./s1. The Balaban J connectivity index is 0. The fourth-order valence-electron chi connectivity index (χ4n) is 2.36. The zero-order valence-electron chi connectivity index (χ0n) is 14.7. The number of unbranched alkanes of at least 4 members (excludes halogenated alkanes) is 8. The van der Waals surface area contributed by atoms with Crippen LogP contribution < -0.4 is 0 Å². The van der Waals surface area contributed by atoms with E-state index in [1.807, 2.05) is 0 Å². The molecule has 0 aliphatic carbocycles. The zero-order chi connectivity index (χ0) is 15.8. The zero-order valence-corrected chi connectivity index (χ0v) is 14.7. The van der Waals surface area contributed by atoms with Crippen molar-refractivity contribution in [3.05, 3.63) is 12.2 Å². The van der Waals surface area contributed by atoms with E-state index in [1.54, 1.807) is 0 Å². The van der Waals surface area contributed by atoms with Gasteiger partial charge >= 0.3 is 5.97 Å². The SMILES string of the molecule is CCCCCC[C@@H](O)C/C=C\CCCCCCCC(=O)O.[Li]. The number of aliphatic hydroxyl groups excluding tert-OH is 1. The summed E-state index contributed by atoms with van der Waals surface area (Å²) in [6.45, 7) is 2.20. The molecule has 1 radical (unpaired) electrons. The number of rotatable bonds is 15. The van der Waals surface area contributed by atoms with Gasteiger partial charge in [0.1, 0.15) is 0 Å². The van der Waals surface area contributed by atoms with Crippen molar-refractivity contribution in [1.29, 1.82) is 0 Å². The van der Waals surface area contributed by atoms with Crippen LogP contribution in [-0.4, -0.2) is 41.1 Å². The topological polar surface area (TPSA) is 57.5 Å². The Labute approximate surface area is 148 Å². The molecule has 0 amide bonds. The van der Waals surface area contributed by atoms with E-state index in [0.717, 1.165) is 51.4 Å². The van der Waals surface area contributed by atoms with Crippen molar-refractivity contribution >= 4 is 24.8 Å². The molecule has 0 fully saturated rings. The van der Waals surface area contributed by atoms with Crippen molar-refractivity contribution in [3.8, 4) is 0 Å². The minimum absolute atomic E-state index is 0. The van der Waals surface area contributed by atoms with E-state index in [2.05, 4.69) is 19.1 Å². The fraction of sp³-hybridized carbons (Fsp3) is 0.833. The Bertz CT molecular complexity index is 267. The maximum Gasteiger partial charge on any atom is 0.303 e. The van der Waals surface area contributed by atoms with Crippen LogP contribution in [0.25, 0.3) is 0 Å². The van der Waals surface area contributed by atoms with Crippen LogP contribution in [-0.2, 0) is 4.79 Å². The molecule has 2 N–H and O–H groups in total. The van der Waals surface area contributed by atoms with E-state index < -0.39 is 5.97 Å². The van der Waals surface area contributed by atoms with Crippen LogP contribution in [0, 0.1) is 0 Å². The van der Waals surface area contributed by atoms with Crippen LogP contribution in [0.2, 0.25) is 0 Å². The summed E-state index contributed by atoms with van der Waals surface area (Å²) in [5.41, 5.74) is 0. The second kappa shape index (κ2) is 18.8. The first-order chi connectivity index (χ1) is 10.2. The van der Waals surface area contributed by atoms with Gasteiger partial charge < -0.3 is 10.2 Å². The molecular formula is C18H34LiO3.